The molecule has 0 aromatic heterocycles. The van der Waals surface area contributed by atoms with Gasteiger partial charge in [-0.1, -0.05) is 12.1 Å². The lowest BCUT2D eigenvalue weighted by molar-refractivity contribution is 0.0730. The Balaban J connectivity index is 1.60. The number of hydrogen-bond acceptors (Lipinski definition) is 5. The molecule has 1 fully saturated rings. The standard InChI is InChI=1S/C21H24N2O5S/c1-27-19-6-2-4-16-5-3-11-23(20(16)19)21(24)17-7-9-18(10-8-17)29(25,26)22-12-14-28-15-13-22/h2,4,6-10H,3,5,11-15H2,1H3. The molecule has 29 heavy (non-hydrogen) atoms. The molecule has 0 radical (unpaired) electrons. The van der Waals surface area contributed by atoms with E-state index in [0.29, 0.717) is 44.2 Å². The van der Waals surface area contributed by atoms with Crippen LogP contribution in [0.5, 0.6) is 5.75 Å². The molecule has 7 nitrogen and oxygen atoms in total. The third-order valence-electron chi connectivity index (χ3n) is 5.35. The van der Waals surface area contributed by atoms with Crippen molar-refractivity contribution >= 4 is 21.6 Å². The van der Waals surface area contributed by atoms with Crippen LogP contribution in [0.25, 0.3) is 0 Å². The average molecular weight is 416 g/mol. The lowest BCUT2D eigenvalue weighted by atomic mass is 10.00. The van der Waals surface area contributed by atoms with Crippen LogP contribution in [-0.2, 0) is 21.2 Å². The molecule has 4 rings (SSSR count). The Labute approximate surface area is 170 Å². The van der Waals surface area contributed by atoms with Crippen LogP contribution in [0.1, 0.15) is 22.3 Å². The van der Waals surface area contributed by atoms with Crippen molar-refractivity contribution in [3.8, 4) is 5.75 Å². The number of para-hydroxylation sites is 1. The summed E-state index contributed by atoms with van der Waals surface area (Å²) in [6.45, 7) is 2.07. The van der Waals surface area contributed by atoms with E-state index in [1.807, 2.05) is 18.2 Å². The third kappa shape index (κ3) is 3.75. The van der Waals surface area contributed by atoms with E-state index in [9.17, 15) is 13.2 Å². The molecule has 2 aliphatic heterocycles. The largest absolute Gasteiger partial charge is 0.495 e. The summed E-state index contributed by atoms with van der Waals surface area (Å²) in [6.07, 6.45) is 1.77. The van der Waals surface area contributed by atoms with Gasteiger partial charge in [0.1, 0.15) is 5.75 Å². The van der Waals surface area contributed by atoms with Gasteiger partial charge in [0.05, 0.1) is 30.9 Å². The SMILES string of the molecule is COc1cccc2c1N(C(=O)c1ccc(S(=O)(=O)N3CCOCC3)cc1)CCC2. The topological polar surface area (TPSA) is 76.2 Å². The minimum Gasteiger partial charge on any atom is -0.495 e. The van der Waals surface area contributed by atoms with Crippen molar-refractivity contribution in [3.63, 3.8) is 0 Å². The van der Waals surface area contributed by atoms with E-state index in [2.05, 4.69) is 0 Å². The molecule has 154 valence electrons. The predicted molar refractivity (Wildman–Crippen MR) is 109 cm³/mol. The molecule has 0 atom stereocenters. The second kappa shape index (κ2) is 8.14. The number of nitrogens with zero attached hydrogens (tertiary/aromatic N) is 2. The van der Waals surface area contributed by atoms with Crippen molar-refractivity contribution in [2.75, 3.05) is 44.9 Å². The maximum absolute atomic E-state index is 13.2. The summed E-state index contributed by atoms with van der Waals surface area (Å²) >= 11 is 0. The van der Waals surface area contributed by atoms with Crippen molar-refractivity contribution < 1.29 is 22.7 Å². The molecule has 2 aliphatic rings. The number of carbonyl (C=O) groups excluding carboxylic acids is 1. The van der Waals surface area contributed by atoms with E-state index >= 15 is 0 Å². The van der Waals surface area contributed by atoms with Crippen molar-refractivity contribution in [1.82, 2.24) is 4.31 Å². The first kappa shape index (κ1) is 19.9. The molecule has 1 saturated heterocycles. The van der Waals surface area contributed by atoms with Gasteiger partial charge in [0, 0.05) is 25.2 Å². The molecule has 0 aliphatic carbocycles. The number of amides is 1. The fourth-order valence-corrected chi connectivity index (χ4v) is 5.25. The molecule has 2 aromatic carbocycles. The molecule has 1 amide bonds. The highest BCUT2D eigenvalue weighted by Crippen LogP contribution is 2.37. The second-order valence-corrected chi connectivity index (χ2v) is 9.01. The fraction of sp³-hybridized carbons (Fsp3) is 0.381. The Morgan fingerprint density at radius 2 is 1.76 bits per heavy atom. The number of hydrogen-bond donors (Lipinski definition) is 0. The smallest absolute Gasteiger partial charge is 0.258 e. The van der Waals surface area contributed by atoms with Gasteiger partial charge in [-0.05, 0) is 48.7 Å². The van der Waals surface area contributed by atoms with Crippen LogP contribution in [-0.4, -0.2) is 58.6 Å². The van der Waals surface area contributed by atoms with E-state index in [1.54, 1.807) is 24.1 Å². The number of ether oxygens (including phenoxy) is 2. The number of morpholine rings is 1. The van der Waals surface area contributed by atoms with Gasteiger partial charge in [0.25, 0.3) is 5.91 Å². The number of methoxy groups -OCH3 is 1. The Morgan fingerprint density at radius 3 is 2.45 bits per heavy atom. The molecule has 8 heteroatoms. The molecule has 0 unspecified atom stereocenters. The Kier molecular flexibility index (Phi) is 5.58. The van der Waals surface area contributed by atoms with E-state index in [1.165, 1.54) is 16.4 Å². The molecule has 2 heterocycles. The molecule has 2 aromatic rings. The fourth-order valence-electron chi connectivity index (χ4n) is 3.84. The van der Waals surface area contributed by atoms with Crippen LogP contribution >= 0.6 is 0 Å². The first-order valence-electron chi connectivity index (χ1n) is 9.68. The van der Waals surface area contributed by atoms with E-state index in [4.69, 9.17) is 9.47 Å². The Morgan fingerprint density at radius 1 is 1.03 bits per heavy atom. The lowest BCUT2D eigenvalue weighted by Crippen LogP contribution is -2.40. The highest BCUT2D eigenvalue weighted by Gasteiger charge is 2.29. The highest BCUT2D eigenvalue weighted by molar-refractivity contribution is 7.89. The second-order valence-electron chi connectivity index (χ2n) is 7.07. The zero-order valence-electron chi connectivity index (χ0n) is 16.3. The third-order valence-corrected chi connectivity index (χ3v) is 7.27. The molecular formula is C21H24N2O5S. The minimum atomic E-state index is -3.58. The summed E-state index contributed by atoms with van der Waals surface area (Å²) < 4.78 is 37.7. The van der Waals surface area contributed by atoms with Crippen LogP contribution in [0.3, 0.4) is 0 Å². The normalized spacial score (nSPS) is 17.6. The zero-order chi connectivity index (χ0) is 20.4. The van der Waals surface area contributed by atoms with Gasteiger partial charge in [-0.15, -0.1) is 0 Å². The van der Waals surface area contributed by atoms with Gasteiger partial charge in [-0.3, -0.25) is 4.79 Å². The van der Waals surface area contributed by atoms with Crippen LogP contribution in [0.4, 0.5) is 5.69 Å². The summed E-state index contributed by atoms with van der Waals surface area (Å²) in [5, 5.41) is 0. The summed E-state index contributed by atoms with van der Waals surface area (Å²) in [7, 11) is -1.98. The first-order chi connectivity index (χ1) is 14.0. The minimum absolute atomic E-state index is 0.161. The van der Waals surface area contributed by atoms with Crippen molar-refractivity contribution in [2.45, 2.75) is 17.7 Å². The van der Waals surface area contributed by atoms with Crippen molar-refractivity contribution in [1.29, 1.82) is 0 Å². The highest BCUT2D eigenvalue weighted by atomic mass is 32.2. The van der Waals surface area contributed by atoms with Crippen molar-refractivity contribution in [2.24, 2.45) is 0 Å². The summed E-state index contributed by atoms with van der Waals surface area (Å²) in [5.74, 6) is 0.507. The quantitative estimate of drug-likeness (QED) is 0.765. The van der Waals surface area contributed by atoms with E-state index in [0.717, 1.165) is 24.1 Å². The number of sulfonamides is 1. The summed E-state index contributed by atoms with van der Waals surface area (Å²) in [4.78, 5) is 15.1. The van der Waals surface area contributed by atoms with Crippen LogP contribution in [0.15, 0.2) is 47.4 Å². The molecular weight excluding hydrogens is 392 g/mol. The maximum Gasteiger partial charge on any atom is 0.258 e. The maximum atomic E-state index is 13.2. The van der Waals surface area contributed by atoms with Gasteiger partial charge >= 0.3 is 0 Å². The van der Waals surface area contributed by atoms with Crippen LogP contribution in [0, 0.1) is 0 Å². The molecule has 0 bridgehead atoms. The summed E-state index contributed by atoms with van der Waals surface area (Å²) in [5.41, 5.74) is 2.33. The van der Waals surface area contributed by atoms with Crippen LogP contribution in [0.2, 0.25) is 0 Å². The Bertz CT molecular complexity index is 984. The predicted octanol–water partition coefficient (Wildman–Crippen LogP) is 2.31. The number of carbonyl (C=O) groups is 1. The van der Waals surface area contributed by atoms with Gasteiger partial charge in [-0.25, -0.2) is 8.42 Å². The van der Waals surface area contributed by atoms with Gasteiger partial charge in [0.15, 0.2) is 0 Å². The molecule has 0 saturated carbocycles. The van der Waals surface area contributed by atoms with Crippen molar-refractivity contribution in [3.05, 3.63) is 53.6 Å². The number of aryl methyl sites for hydroxylation is 1. The number of anilines is 1. The number of benzene rings is 2. The van der Waals surface area contributed by atoms with Gasteiger partial charge in [0.2, 0.25) is 10.0 Å². The molecule has 0 spiro atoms. The Hall–Kier alpha value is -2.42. The van der Waals surface area contributed by atoms with Gasteiger partial charge in [-0.2, -0.15) is 4.31 Å². The summed E-state index contributed by atoms with van der Waals surface area (Å²) in [6, 6.07) is 12.0. The zero-order valence-corrected chi connectivity index (χ0v) is 17.2. The van der Waals surface area contributed by atoms with E-state index < -0.39 is 10.0 Å². The molecule has 0 N–H and O–H groups in total. The first-order valence-corrected chi connectivity index (χ1v) is 11.1. The van der Waals surface area contributed by atoms with Gasteiger partial charge < -0.3 is 14.4 Å². The van der Waals surface area contributed by atoms with E-state index in [-0.39, 0.29) is 10.8 Å². The van der Waals surface area contributed by atoms with Crippen LogP contribution < -0.4 is 9.64 Å². The average Bonchev–Trinajstić information content (AvgIpc) is 2.78. The lowest BCUT2D eigenvalue weighted by Gasteiger charge is -2.31. The number of rotatable bonds is 4. The number of fused-ring (bicyclic) bond motifs is 1. The monoisotopic (exact) mass is 416 g/mol.